The van der Waals surface area contributed by atoms with Crippen molar-refractivity contribution >= 4 is 17.9 Å². The van der Waals surface area contributed by atoms with E-state index in [-0.39, 0.29) is 28.9 Å². The molecule has 2 unspecified atom stereocenters. The van der Waals surface area contributed by atoms with E-state index in [0.29, 0.717) is 39.3 Å². The predicted octanol–water partition coefficient (Wildman–Crippen LogP) is 1.71. The minimum absolute atomic E-state index is 0.116. The second-order valence-corrected chi connectivity index (χ2v) is 9.12. The molecule has 2 aliphatic heterocycles. The Bertz CT molecular complexity index is 598. The molecule has 0 aromatic rings. The fourth-order valence-electron chi connectivity index (χ4n) is 5.26. The first-order chi connectivity index (χ1) is 12.1. The van der Waals surface area contributed by atoms with Crippen LogP contribution < -0.4 is 0 Å². The zero-order chi connectivity index (χ0) is 19.1. The highest BCUT2D eigenvalue weighted by Gasteiger charge is 2.52. The van der Waals surface area contributed by atoms with Gasteiger partial charge < -0.3 is 19.4 Å². The van der Waals surface area contributed by atoms with E-state index in [1.165, 1.54) is 0 Å². The maximum Gasteiger partial charge on any atom is 0.409 e. The van der Waals surface area contributed by atoms with Gasteiger partial charge in [0.05, 0.1) is 6.61 Å². The molecular weight excluding hydrogens is 334 g/mol. The average Bonchev–Trinajstić information content (AvgIpc) is 2.82. The number of carbonyl (C=O) groups excluding carboxylic acids is 3. The Hall–Kier alpha value is -1.79. The molecule has 3 aliphatic rings. The van der Waals surface area contributed by atoms with Crippen molar-refractivity contribution in [1.82, 2.24) is 14.7 Å². The molecule has 1 aliphatic carbocycles. The molecule has 2 bridgehead atoms. The van der Waals surface area contributed by atoms with Crippen LogP contribution in [0.5, 0.6) is 0 Å². The number of fused-ring (bicyclic) bond motifs is 2. The number of nitrogens with zero attached hydrogens (tertiary/aromatic N) is 3. The smallest absolute Gasteiger partial charge is 0.409 e. The molecule has 0 aromatic heterocycles. The summed E-state index contributed by atoms with van der Waals surface area (Å²) in [5, 5.41) is 0. The molecule has 7 nitrogen and oxygen atoms in total. The zero-order valence-corrected chi connectivity index (χ0v) is 16.4. The van der Waals surface area contributed by atoms with Gasteiger partial charge in [-0.15, -0.1) is 0 Å². The third-order valence-electron chi connectivity index (χ3n) is 5.95. The Labute approximate surface area is 155 Å². The summed E-state index contributed by atoms with van der Waals surface area (Å²) in [4.78, 5) is 42.4. The van der Waals surface area contributed by atoms with Crippen molar-refractivity contribution in [3.8, 4) is 0 Å². The van der Waals surface area contributed by atoms with Crippen molar-refractivity contribution in [3.05, 3.63) is 0 Å². The van der Waals surface area contributed by atoms with Gasteiger partial charge in [0.1, 0.15) is 0 Å². The molecule has 2 heterocycles. The number of hydrogen-bond acceptors (Lipinski definition) is 4. The highest BCUT2D eigenvalue weighted by atomic mass is 16.6. The first kappa shape index (κ1) is 19.0. The zero-order valence-electron chi connectivity index (χ0n) is 16.4. The minimum atomic E-state index is -0.428. The van der Waals surface area contributed by atoms with E-state index in [9.17, 15) is 14.4 Å². The van der Waals surface area contributed by atoms with Crippen molar-refractivity contribution < 1.29 is 19.1 Å². The molecule has 7 heteroatoms. The van der Waals surface area contributed by atoms with Gasteiger partial charge >= 0.3 is 17.9 Å². The SMILES string of the molecule is CCOC(=O)N1CCN(C(=O)C(=O)N2CC3(C)CC2CC(C)(C)C3)CC1. The lowest BCUT2D eigenvalue weighted by Crippen LogP contribution is -2.55. The predicted molar refractivity (Wildman–Crippen MR) is 96.4 cm³/mol. The van der Waals surface area contributed by atoms with Gasteiger partial charge in [0.25, 0.3) is 0 Å². The van der Waals surface area contributed by atoms with Crippen LogP contribution >= 0.6 is 0 Å². The maximum atomic E-state index is 12.9. The highest BCUT2D eigenvalue weighted by Crippen LogP contribution is 2.52. The molecule has 1 saturated carbocycles. The molecule has 3 rings (SSSR count). The van der Waals surface area contributed by atoms with Gasteiger partial charge in [-0.25, -0.2) is 4.79 Å². The fraction of sp³-hybridized carbons (Fsp3) is 0.842. The molecule has 3 amide bonds. The Morgan fingerprint density at radius 2 is 1.58 bits per heavy atom. The van der Waals surface area contributed by atoms with E-state index in [4.69, 9.17) is 4.74 Å². The van der Waals surface area contributed by atoms with E-state index in [2.05, 4.69) is 20.8 Å². The van der Waals surface area contributed by atoms with Crippen molar-refractivity contribution in [2.45, 2.75) is 53.0 Å². The lowest BCUT2D eigenvalue weighted by atomic mass is 9.65. The number of rotatable bonds is 1. The molecule has 2 atom stereocenters. The molecule has 0 N–H and O–H groups in total. The lowest BCUT2D eigenvalue weighted by Gasteiger charge is -2.39. The first-order valence-electron chi connectivity index (χ1n) is 9.66. The molecule has 26 heavy (non-hydrogen) atoms. The summed E-state index contributed by atoms with van der Waals surface area (Å²) in [6.45, 7) is 11.1. The van der Waals surface area contributed by atoms with Crippen LogP contribution in [0.15, 0.2) is 0 Å². The van der Waals surface area contributed by atoms with Crippen LogP contribution in [0.3, 0.4) is 0 Å². The van der Waals surface area contributed by atoms with Crippen LogP contribution in [0.25, 0.3) is 0 Å². The summed E-state index contributed by atoms with van der Waals surface area (Å²) < 4.78 is 4.99. The van der Waals surface area contributed by atoms with Crippen LogP contribution in [-0.2, 0) is 14.3 Å². The number of hydrogen-bond donors (Lipinski definition) is 0. The quantitative estimate of drug-likeness (QED) is 0.664. The molecule has 0 radical (unpaired) electrons. The van der Waals surface area contributed by atoms with E-state index < -0.39 is 5.91 Å². The molecule has 146 valence electrons. The summed E-state index contributed by atoms with van der Waals surface area (Å²) in [5.74, 6) is -0.802. The van der Waals surface area contributed by atoms with Gasteiger partial charge in [-0.2, -0.15) is 0 Å². The first-order valence-corrected chi connectivity index (χ1v) is 9.66. The van der Waals surface area contributed by atoms with Crippen LogP contribution in [-0.4, -0.2) is 78.0 Å². The number of ether oxygens (including phenoxy) is 1. The summed E-state index contributed by atoms with van der Waals surface area (Å²) in [6, 6.07) is 0.168. The number of likely N-dealkylation sites (tertiary alicyclic amines) is 1. The summed E-state index contributed by atoms with van der Waals surface area (Å²) in [7, 11) is 0. The second kappa shape index (κ2) is 6.74. The molecular formula is C19H31N3O4. The normalized spacial score (nSPS) is 30.3. The number of carbonyl (C=O) groups is 3. The van der Waals surface area contributed by atoms with Gasteiger partial charge in [-0.05, 0) is 37.0 Å². The van der Waals surface area contributed by atoms with Gasteiger partial charge in [-0.1, -0.05) is 20.8 Å². The van der Waals surface area contributed by atoms with Gasteiger partial charge in [-0.3, -0.25) is 9.59 Å². The third kappa shape index (κ3) is 3.67. The summed E-state index contributed by atoms with van der Waals surface area (Å²) >= 11 is 0. The monoisotopic (exact) mass is 365 g/mol. The van der Waals surface area contributed by atoms with Crippen LogP contribution in [0.4, 0.5) is 4.79 Å². The van der Waals surface area contributed by atoms with Crippen molar-refractivity contribution in [1.29, 1.82) is 0 Å². The van der Waals surface area contributed by atoms with Crippen LogP contribution in [0.2, 0.25) is 0 Å². The molecule has 0 aromatic carbocycles. The highest BCUT2D eigenvalue weighted by molar-refractivity contribution is 6.35. The van der Waals surface area contributed by atoms with Gasteiger partial charge in [0, 0.05) is 38.8 Å². The molecule has 0 spiro atoms. The largest absolute Gasteiger partial charge is 0.450 e. The number of piperazine rings is 1. The summed E-state index contributed by atoms with van der Waals surface area (Å²) in [6.07, 6.45) is 2.69. The fourth-order valence-corrected chi connectivity index (χ4v) is 5.26. The Morgan fingerprint density at radius 1 is 0.962 bits per heavy atom. The Morgan fingerprint density at radius 3 is 2.19 bits per heavy atom. The van der Waals surface area contributed by atoms with Gasteiger partial charge in [0.2, 0.25) is 0 Å². The lowest BCUT2D eigenvalue weighted by molar-refractivity contribution is -0.153. The molecule has 3 fully saturated rings. The van der Waals surface area contributed by atoms with E-state index in [0.717, 1.165) is 19.3 Å². The maximum absolute atomic E-state index is 12.9. The van der Waals surface area contributed by atoms with E-state index in [1.54, 1.807) is 16.7 Å². The Balaban J connectivity index is 1.59. The summed E-state index contributed by atoms with van der Waals surface area (Å²) in [5.41, 5.74) is 0.325. The van der Waals surface area contributed by atoms with E-state index >= 15 is 0 Å². The van der Waals surface area contributed by atoms with Crippen LogP contribution in [0, 0.1) is 10.8 Å². The minimum Gasteiger partial charge on any atom is -0.450 e. The topological polar surface area (TPSA) is 70.2 Å². The Kier molecular flexibility index (Phi) is 4.92. The second-order valence-electron chi connectivity index (χ2n) is 9.12. The van der Waals surface area contributed by atoms with Crippen molar-refractivity contribution in [2.24, 2.45) is 10.8 Å². The van der Waals surface area contributed by atoms with Gasteiger partial charge in [0.15, 0.2) is 0 Å². The van der Waals surface area contributed by atoms with Crippen molar-refractivity contribution in [3.63, 3.8) is 0 Å². The standard InChI is InChI=1S/C19H31N3O4/c1-5-26-17(25)21-8-6-20(7-9-21)15(23)16(24)22-13-19(4)11-14(22)10-18(2,3)12-19/h14H,5-13H2,1-4H3. The number of amides is 3. The molecule has 2 saturated heterocycles. The average molecular weight is 365 g/mol. The van der Waals surface area contributed by atoms with Crippen LogP contribution in [0.1, 0.15) is 47.0 Å². The van der Waals surface area contributed by atoms with E-state index in [1.807, 2.05) is 4.90 Å². The third-order valence-corrected chi connectivity index (χ3v) is 5.95. The van der Waals surface area contributed by atoms with Crippen molar-refractivity contribution in [2.75, 3.05) is 39.3 Å².